The quantitative estimate of drug-likeness (QED) is 0.209. The van der Waals surface area contributed by atoms with Crippen molar-refractivity contribution in [3.63, 3.8) is 0 Å². The topological polar surface area (TPSA) is 0 Å². The molecule has 150 valence electrons. The summed E-state index contributed by atoms with van der Waals surface area (Å²) >= 11 is 3.35. The number of hydrogen-bond acceptors (Lipinski definition) is 2. The van der Waals surface area contributed by atoms with Gasteiger partial charge in [0.25, 0.3) is 0 Å². The van der Waals surface area contributed by atoms with E-state index in [1.54, 1.807) is 34.8 Å². The molecule has 0 amide bonds. The highest BCUT2D eigenvalue weighted by atomic mass is 32.1. The summed E-state index contributed by atoms with van der Waals surface area (Å²) in [5.74, 6) is -0.418. The van der Waals surface area contributed by atoms with Crippen LogP contribution in [0.15, 0.2) is 73.8 Å². The lowest BCUT2D eigenvalue weighted by atomic mass is 10.0. The summed E-state index contributed by atoms with van der Waals surface area (Å²) in [6.07, 6.45) is 0. The number of halogens is 2. The van der Waals surface area contributed by atoms with E-state index in [1.807, 2.05) is 26.0 Å². The van der Waals surface area contributed by atoms with Crippen LogP contribution in [0.25, 0.3) is 51.1 Å². The average molecular weight is 435 g/mol. The Morgan fingerprint density at radius 3 is 1.30 bits per heavy atom. The molecule has 0 nitrogen and oxygen atoms in total. The zero-order chi connectivity index (χ0) is 21.4. The Morgan fingerprint density at radius 2 is 0.900 bits per heavy atom. The van der Waals surface area contributed by atoms with Gasteiger partial charge in [-0.25, -0.2) is 8.78 Å². The van der Waals surface area contributed by atoms with Gasteiger partial charge < -0.3 is 0 Å². The first-order valence-corrected chi connectivity index (χ1v) is 11.4. The minimum absolute atomic E-state index is 0.209. The maximum absolute atomic E-state index is 13.7. The van der Waals surface area contributed by atoms with Crippen LogP contribution in [0.3, 0.4) is 0 Å². The smallest absolute Gasteiger partial charge is 0.123 e. The molecule has 0 aliphatic carbocycles. The lowest BCUT2D eigenvalue weighted by molar-refractivity contribution is 0.629. The van der Waals surface area contributed by atoms with Crippen molar-refractivity contribution in [1.29, 1.82) is 0 Å². The number of benzene rings is 4. The number of fused-ring (bicyclic) bond motifs is 7. The minimum atomic E-state index is -0.209. The molecule has 0 spiro atoms. The van der Waals surface area contributed by atoms with Crippen LogP contribution in [0.4, 0.5) is 8.78 Å². The summed E-state index contributed by atoms with van der Waals surface area (Å²) in [4.78, 5) is 0. The van der Waals surface area contributed by atoms with Gasteiger partial charge >= 0.3 is 0 Å². The van der Waals surface area contributed by atoms with Gasteiger partial charge in [0.15, 0.2) is 0 Å². The predicted molar refractivity (Wildman–Crippen MR) is 132 cm³/mol. The minimum Gasteiger partial charge on any atom is -0.207 e. The predicted octanol–water partition coefficient (Wildman–Crippen LogP) is 9.68. The zero-order valence-electron chi connectivity index (χ0n) is 16.8. The fraction of sp³-hybridized carbons (Fsp3) is 0.0769. The summed E-state index contributed by atoms with van der Waals surface area (Å²) in [7, 11) is 0. The van der Waals surface area contributed by atoms with Crippen LogP contribution in [0.5, 0.6) is 0 Å². The van der Waals surface area contributed by atoms with Crippen molar-refractivity contribution >= 4 is 73.8 Å². The van der Waals surface area contributed by atoms with E-state index in [0.717, 1.165) is 51.1 Å². The fourth-order valence-corrected chi connectivity index (χ4v) is 5.97. The molecule has 30 heavy (non-hydrogen) atoms. The molecule has 0 saturated heterocycles. The third-order valence-electron chi connectivity index (χ3n) is 4.94. The van der Waals surface area contributed by atoms with Crippen molar-refractivity contribution in [2.24, 2.45) is 0 Å². The highest BCUT2D eigenvalue weighted by Gasteiger charge is 2.11. The number of thiophene rings is 2. The molecule has 0 fully saturated rings. The molecule has 6 rings (SSSR count). The van der Waals surface area contributed by atoms with E-state index in [4.69, 9.17) is 0 Å². The van der Waals surface area contributed by atoms with Gasteiger partial charge in [0.1, 0.15) is 11.6 Å². The van der Waals surface area contributed by atoms with Gasteiger partial charge in [-0.3, -0.25) is 0 Å². The molecular formula is C26H20F2S2. The van der Waals surface area contributed by atoms with Gasteiger partial charge in [-0.2, -0.15) is 0 Å². The maximum Gasteiger partial charge on any atom is 0.123 e. The monoisotopic (exact) mass is 434 g/mol. The Hall–Kier alpha value is -2.82. The van der Waals surface area contributed by atoms with E-state index >= 15 is 0 Å². The van der Waals surface area contributed by atoms with Gasteiger partial charge in [-0.05, 0) is 71.4 Å². The molecule has 0 saturated carbocycles. The van der Waals surface area contributed by atoms with Gasteiger partial charge in [0.05, 0.1) is 0 Å². The lowest BCUT2D eigenvalue weighted by Crippen LogP contribution is -1.76. The molecule has 0 aliphatic heterocycles. The van der Waals surface area contributed by atoms with Gasteiger partial charge in [0, 0.05) is 40.3 Å². The van der Waals surface area contributed by atoms with Crippen LogP contribution < -0.4 is 0 Å². The molecule has 0 radical (unpaired) electrons. The van der Waals surface area contributed by atoms with E-state index in [9.17, 15) is 8.78 Å². The van der Waals surface area contributed by atoms with Gasteiger partial charge in [-0.15, -0.1) is 35.8 Å². The van der Waals surface area contributed by atoms with Crippen molar-refractivity contribution in [3.8, 4) is 0 Å². The van der Waals surface area contributed by atoms with E-state index < -0.39 is 0 Å². The first-order chi connectivity index (χ1) is 14.7. The molecule has 4 heteroatoms. The second-order valence-electron chi connectivity index (χ2n) is 6.53. The molecule has 2 aromatic heterocycles. The molecule has 0 aliphatic rings. The molecule has 0 bridgehead atoms. The summed E-state index contributed by atoms with van der Waals surface area (Å²) in [5, 5.41) is 6.35. The largest absolute Gasteiger partial charge is 0.207 e. The van der Waals surface area contributed by atoms with E-state index in [2.05, 4.69) is 37.4 Å². The highest BCUT2D eigenvalue weighted by Crippen LogP contribution is 2.40. The van der Waals surface area contributed by atoms with Gasteiger partial charge in [-0.1, -0.05) is 13.8 Å². The van der Waals surface area contributed by atoms with Crippen LogP contribution in [0.2, 0.25) is 0 Å². The maximum atomic E-state index is 13.7. The number of rotatable bonds is 0. The zero-order valence-corrected chi connectivity index (χ0v) is 18.4. The average Bonchev–Trinajstić information content (AvgIpc) is 3.30. The first kappa shape index (κ1) is 20.5. The third kappa shape index (κ3) is 3.26. The van der Waals surface area contributed by atoms with E-state index in [-0.39, 0.29) is 11.6 Å². The second kappa shape index (κ2) is 8.13. The van der Waals surface area contributed by atoms with Crippen molar-refractivity contribution in [3.05, 3.63) is 85.5 Å². The van der Waals surface area contributed by atoms with E-state index in [1.165, 1.54) is 12.1 Å². The Kier molecular flexibility index (Phi) is 5.54. The van der Waals surface area contributed by atoms with Crippen LogP contribution in [0.1, 0.15) is 13.8 Å². The molecule has 4 aromatic carbocycles. The standard InChI is InChI=1S/C22H10F2S2.C2H6.C2H4/c23-13-1-3-19-17(9-13)15-5-11-8-22-16(6-12(11)7-21(15)25-19)18-10-14(24)2-4-20(18)26-22;2*1-2/h1-10H;1-2H3;1-2H2. The molecule has 2 heterocycles. The molecule has 0 N–H and O–H groups in total. The van der Waals surface area contributed by atoms with Crippen molar-refractivity contribution in [2.45, 2.75) is 13.8 Å². The normalized spacial score (nSPS) is 10.9. The fourth-order valence-electron chi connectivity index (χ4n) is 3.74. The van der Waals surface area contributed by atoms with Crippen LogP contribution in [-0.2, 0) is 0 Å². The van der Waals surface area contributed by atoms with Gasteiger partial charge in [0.2, 0.25) is 0 Å². The van der Waals surface area contributed by atoms with Crippen molar-refractivity contribution < 1.29 is 8.78 Å². The second-order valence-corrected chi connectivity index (χ2v) is 8.70. The van der Waals surface area contributed by atoms with Crippen LogP contribution in [-0.4, -0.2) is 0 Å². The number of hydrogen-bond donors (Lipinski definition) is 0. The van der Waals surface area contributed by atoms with Crippen LogP contribution >= 0.6 is 22.7 Å². The highest BCUT2D eigenvalue weighted by molar-refractivity contribution is 7.26. The Bertz CT molecular complexity index is 1410. The molecular weight excluding hydrogens is 414 g/mol. The Morgan fingerprint density at radius 1 is 0.533 bits per heavy atom. The molecule has 6 aromatic rings. The summed E-state index contributed by atoms with van der Waals surface area (Å²) in [6, 6.07) is 18.5. The SMILES string of the molecule is C=C.CC.Fc1ccc2sc3cc4cc5c(cc4cc3c2c1)sc1ccc(F)cc15. The van der Waals surface area contributed by atoms with Crippen LogP contribution in [0, 0.1) is 11.6 Å². The first-order valence-electron chi connectivity index (χ1n) is 9.73. The summed E-state index contributed by atoms with van der Waals surface area (Å²) in [6.45, 7) is 10.0. The Balaban J connectivity index is 0.000000516. The summed E-state index contributed by atoms with van der Waals surface area (Å²) < 4.78 is 31.8. The molecule has 0 unspecified atom stereocenters. The third-order valence-corrected chi connectivity index (χ3v) is 7.21. The lowest BCUT2D eigenvalue weighted by Gasteiger charge is -2.01. The van der Waals surface area contributed by atoms with Crippen molar-refractivity contribution in [1.82, 2.24) is 0 Å². The van der Waals surface area contributed by atoms with E-state index in [0.29, 0.717) is 0 Å². The molecule has 0 atom stereocenters. The van der Waals surface area contributed by atoms with Crippen molar-refractivity contribution in [2.75, 3.05) is 0 Å². The summed E-state index contributed by atoms with van der Waals surface area (Å²) in [5.41, 5.74) is 0. The Labute approximate surface area is 181 Å².